The van der Waals surface area contributed by atoms with Gasteiger partial charge in [-0.05, 0) is 44.0 Å². The molecule has 0 aromatic heterocycles. The third kappa shape index (κ3) is 2.96. The first kappa shape index (κ1) is 14.9. The number of rotatable bonds is 3. The van der Waals surface area contributed by atoms with E-state index in [1.165, 1.54) is 0 Å². The smallest absolute Gasteiger partial charge is 0.311 e. The second-order valence-corrected chi connectivity index (χ2v) is 5.94. The lowest BCUT2D eigenvalue weighted by Gasteiger charge is -2.38. The molecule has 0 spiro atoms. The number of halogens is 1. The molecule has 108 valence electrons. The minimum absolute atomic E-state index is 0.249. The molecule has 2 atom stereocenters. The van der Waals surface area contributed by atoms with Gasteiger partial charge in [-0.15, -0.1) is 0 Å². The molecule has 1 aromatic rings. The number of nitrogens with one attached hydrogen (secondary N) is 1. The van der Waals surface area contributed by atoms with Crippen molar-refractivity contribution in [2.24, 2.45) is 5.41 Å². The van der Waals surface area contributed by atoms with E-state index in [4.69, 9.17) is 11.6 Å². The summed E-state index contributed by atoms with van der Waals surface area (Å²) in [5.74, 6) is -1.10. The second-order valence-electron chi connectivity index (χ2n) is 5.50. The van der Waals surface area contributed by atoms with Crippen molar-refractivity contribution in [3.05, 3.63) is 34.9 Å². The SMILES string of the molecule is CC1(C(=O)O)CCCCC1NC(=O)c1ccc(Cl)cc1. The molecule has 20 heavy (non-hydrogen) atoms. The van der Waals surface area contributed by atoms with E-state index in [1.54, 1.807) is 31.2 Å². The number of hydrogen-bond donors (Lipinski definition) is 2. The number of benzene rings is 1. The van der Waals surface area contributed by atoms with Gasteiger partial charge in [-0.2, -0.15) is 0 Å². The summed E-state index contributed by atoms with van der Waals surface area (Å²) in [4.78, 5) is 23.7. The van der Waals surface area contributed by atoms with Crippen molar-refractivity contribution >= 4 is 23.5 Å². The van der Waals surface area contributed by atoms with Gasteiger partial charge < -0.3 is 10.4 Å². The van der Waals surface area contributed by atoms with Crippen LogP contribution in [0.3, 0.4) is 0 Å². The number of aliphatic carboxylic acids is 1. The van der Waals surface area contributed by atoms with Gasteiger partial charge in [0, 0.05) is 16.6 Å². The van der Waals surface area contributed by atoms with Crippen LogP contribution in [-0.2, 0) is 4.79 Å². The van der Waals surface area contributed by atoms with E-state index in [0.717, 1.165) is 12.8 Å². The van der Waals surface area contributed by atoms with Crippen LogP contribution >= 0.6 is 11.6 Å². The van der Waals surface area contributed by atoms with Crippen molar-refractivity contribution in [2.75, 3.05) is 0 Å². The Labute approximate surface area is 123 Å². The summed E-state index contributed by atoms with van der Waals surface area (Å²) in [7, 11) is 0. The molecule has 0 radical (unpaired) electrons. The monoisotopic (exact) mass is 295 g/mol. The van der Waals surface area contributed by atoms with Gasteiger partial charge in [0.25, 0.3) is 5.91 Å². The third-order valence-corrected chi connectivity index (χ3v) is 4.36. The molecular weight excluding hydrogens is 278 g/mol. The Kier molecular flexibility index (Phi) is 4.33. The highest BCUT2D eigenvalue weighted by atomic mass is 35.5. The van der Waals surface area contributed by atoms with Gasteiger partial charge in [0.05, 0.1) is 5.41 Å². The Balaban J connectivity index is 2.13. The molecule has 1 fully saturated rings. The molecular formula is C15H18ClNO3. The molecule has 1 amide bonds. The number of carbonyl (C=O) groups excluding carboxylic acids is 1. The summed E-state index contributed by atoms with van der Waals surface area (Å²) in [5.41, 5.74) is -0.395. The van der Waals surface area contributed by atoms with Crippen molar-refractivity contribution in [1.29, 1.82) is 0 Å². The van der Waals surface area contributed by atoms with E-state index >= 15 is 0 Å². The summed E-state index contributed by atoms with van der Waals surface area (Å²) in [6.45, 7) is 1.71. The Morgan fingerprint density at radius 1 is 1.30 bits per heavy atom. The number of carbonyl (C=O) groups is 2. The summed E-state index contributed by atoms with van der Waals surface area (Å²) < 4.78 is 0. The number of carboxylic acid groups (broad SMARTS) is 1. The zero-order valence-corrected chi connectivity index (χ0v) is 12.1. The van der Waals surface area contributed by atoms with Crippen molar-refractivity contribution in [3.63, 3.8) is 0 Å². The molecule has 2 N–H and O–H groups in total. The highest BCUT2D eigenvalue weighted by Crippen LogP contribution is 2.36. The lowest BCUT2D eigenvalue weighted by atomic mass is 9.71. The average molecular weight is 296 g/mol. The Bertz CT molecular complexity index is 514. The molecule has 0 saturated heterocycles. The van der Waals surface area contributed by atoms with Gasteiger partial charge in [0.1, 0.15) is 0 Å². The maximum absolute atomic E-state index is 12.2. The molecule has 1 saturated carbocycles. The predicted octanol–water partition coefficient (Wildman–Crippen LogP) is 3.10. The molecule has 1 aromatic carbocycles. The zero-order chi connectivity index (χ0) is 14.8. The van der Waals surface area contributed by atoms with Crippen LogP contribution < -0.4 is 5.32 Å². The van der Waals surface area contributed by atoms with Gasteiger partial charge in [-0.3, -0.25) is 9.59 Å². The summed E-state index contributed by atoms with van der Waals surface area (Å²) in [5, 5.41) is 12.8. The van der Waals surface area contributed by atoms with E-state index in [-0.39, 0.29) is 11.9 Å². The predicted molar refractivity (Wildman–Crippen MR) is 76.9 cm³/mol. The van der Waals surface area contributed by atoms with Gasteiger partial charge in [-0.25, -0.2) is 0 Å². The third-order valence-electron chi connectivity index (χ3n) is 4.11. The fourth-order valence-corrected chi connectivity index (χ4v) is 2.79. The summed E-state index contributed by atoms with van der Waals surface area (Å²) in [6, 6.07) is 6.23. The van der Waals surface area contributed by atoms with E-state index in [0.29, 0.717) is 23.4 Å². The molecule has 0 aliphatic heterocycles. The van der Waals surface area contributed by atoms with Crippen LogP contribution in [0.1, 0.15) is 43.0 Å². The number of carboxylic acids is 1. The van der Waals surface area contributed by atoms with E-state index in [1.807, 2.05) is 0 Å². The molecule has 1 aliphatic rings. The highest BCUT2D eigenvalue weighted by molar-refractivity contribution is 6.30. The first-order valence-corrected chi connectivity index (χ1v) is 7.11. The van der Waals surface area contributed by atoms with Crippen LogP contribution in [0.5, 0.6) is 0 Å². The van der Waals surface area contributed by atoms with Crippen molar-refractivity contribution in [1.82, 2.24) is 5.32 Å². The fourth-order valence-electron chi connectivity index (χ4n) is 2.66. The lowest BCUT2D eigenvalue weighted by molar-refractivity contribution is -0.151. The highest BCUT2D eigenvalue weighted by Gasteiger charge is 2.43. The van der Waals surface area contributed by atoms with E-state index in [2.05, 4.69) is 5.32 Å². The van der Waals surface area contributed by atoms with Crippen molar-refractivity contribution in [2.45, 2.75) is 38.6 Å². The van der Waals surface area contributed by atoms with Gasteiger partial charge >= 0.3 is 5.97 Å². The fraction of sp³-hybridized carbons (Fsp3) is 0.467. The maximum atomic E-state index is 12.2. The molecule has 0 heterocycles. The molecule has 2 unspecified atom stereocenters. The number of hydrogen-bond acceptors (Lipinski definition) is 2. The Hall–Kier alpha value is -1.55. The second kappa shape index (κ2) is 5.83. The molecule has 5 heteroatoms. The summed E-state index contributed by atoms with van der Waals surface area (Å²) >= 11 is 5.79. The minimum atomic E-state index is -0.889. The molecule has 0 bridgehead atoms. The molecule has 4 nitrogen and oxygen atoms in total. The van der Waals surface area contributed by atoms with E-state index in [9.17, 15) is 14.7 Å². The van der Waals surface area contributed by atoms with Crippen LogP contribution in [0.15, 0.2) is 24.3 Å². The van der Waals surface area contributed by atoms with Gasteiger partial charge in [-0.1, -0.05) is 24.4 Å². The lowest BCUT2D eigenvalue weighted by Crippen LogP contribution is -2.52. The first-order chi connectivity index (χ1) is 9.43. The van der Waals surface area contributed by atoms with Crippen molar-refractivity contribution < 1.29 is 14.7 Å². The Morgan fingerprint density at radius 3 is 2.55 bits per heavy atom. The normalized spacial score (nSPS) is 26.0. The largest absolute Gasteiger partial charge is 0.481 e. The quantitative estimate of drug-likeness (QED) is 0.900. The standard InChI is InChI=1S/C15H18ClNO3/c1-15(14(19)20)9-3-2-4-12(15)17-13(18)10-5-7-11(16)8-6-10/h5-8,12H,2-4,9H2,1H3,(H,17,18)(H,19,20). The first-order valence-electron chi connectivity index (χ1n) is 6.73. The topological polar surface area (TPSA) is 66.4 Å². The average Bonchev–Trinajstić information content (AvgIpc) is 2.42. The number of amides is 1. The van der Waals surface area contributed by atoms with Crippen LogP contribution in [-0.4, -0.2) is 23.0 Å². The van der Waals surface area contributed by atoms with Crippen LogP contribution in [0.4, 0.5) is 0 Å². The summed E-state index contributed by atoms with van der Waals surface area (Å²) in [6.07, 6.45) is 3.11. The van der Waals surface area contributed by atoms with Crippen LogP contribution in [0, 0.1) is 5.41 Å². The molecule has 2 rings (SSSR count). The van der Waals surface area contributed by atoms with E-state index < -0.39 is 11.4 Å². The van der Waals surface area contributed by atoms with Crippen molar-refractivity contribution in [3.8, 4) is 0 Å². The van der Waals surface area contributed by atoms with Gasteiger partial charge in [0.2, 0.25) is 0 Å². The van der Waals surface area contributed by atoms with Crippen LogP contribution in [0.2, 0.25) is 5.02 Å². The molecule has 1 aliphatic carbocycles. The minimum Gasteiger partial charge on any atom is -0.481 e. The Morgan fingerprint density at radius 2 is 1.95 bits per heavy atom. The van der Waals surface area contributed by atoms with Gasteiger partial charge in [0.15, 0.2) is 0 Å². The maximum Gasteiger partial charge on any atom is 0.311 e. The van der Waals surface area contributed by atoms with Crippen LogP contribution in [0.25, 0.3) is 0 Å². The zero-order valence-electron chi connectivity index (χ0n) is 11.4.